The van der Waals surface area contributed by atoms with Gasteiger partial charge < -0.3 is 14.8 Å². The Bertz CT molecular complexity index is 2270. The van der Waals surface area contributed by atoms with E-state index in [2.05, 4.69) is 163 Å². The maximum atomic E-state index is 6.77. The van der Waals surface area contributed by atoms with Crippen LogP contribution >= 0.6 is 0 Å². The summed E-state index contributed by atoms with van der Waals surface area (Å²) < 4.78 is 13.4. The largest absolute Gasteiger partial charge is 0.485 e. The third-order valence-electron chi connectivity index (χ3n) is 10.8. The minimum Gasteiger partial charge on any atom is -0.485 e. The van der Waals surface area contributed by atoms with Gasteiger partial charge in [-0.1, -0.05) is 134 Å². The average Bonchev–Trinajstić information content (AvgIpc) is 3.77. The first-order valence-electron chi connectivity index (χ1n) is 17.7. The van der Waals surface area contributed by atoms with Crippen LogP contribution in [0.15, 0.2) is 174 Å². The number of nitrogens with one attached hydrogen (secondary N) is 1. The first kappa shape index (κ1) is 29.1. The van der Waals surface area contributed by atoms with Crippen LogP contribution in [0.2, 0.25) is 0 Å². The van der Waals surface area contributed by atoms with Crippen LogP contribution in [0, 0.1) is 5.92 Å². The van der Waals surface area contributed by atoms with Crippen molar-refractivity contribution in [2.24, 2.45) is 10.9 Å². The lowest BCUT2D eigenvalue weighted by Gasteiger charge is -2.30. The summed E-state index contributed by atoms with van der Waals surface area (Å²) in [5.74, 6) is 2.44. The van der Waals surface area contributed by atoms with Crippen LogP contribution in [0.4, 0.5) is 0 Å². The zero-order valence-corrected chi connectivity index (χ0v) is 27.6. The van der Waals surface area contributed by atoms with E-state index in [1.54, 1.807) is 0 Å². The van der Waals surface area contributed by atoms with Gasteiger partial charge in [-0.25, -0.2) is 0 Å². The van der Waals surface area contributed by atoms with Crippen molar-refractivity contribution in [1.29, 1.82) is 0 Å². The van der Waals surface area contributed by atoms with Crippen molar-refractivity contribution >= 4 is 22.6 Å². The van der Waals surface area contributed by atoms with Crippen molar-refractivity contribution in [3.8, 4) is 5.75 Å². The van der Waals surface area contributed by atoms with Gasteiger partial charge in [0.25, 0.3) is 0 Å². The highest BCUT2D eigenvalue weighted by Gasteiger charge is 2.40. The van der Waals surface area contributed by atoms with Crippen LogP contribution in [0.5, 0.6) is 5.75 Å². The fourth-order valence-electron chi connectivity index (χ4n) is 8.37. The van der Waals surface area contributed by atoms with Gasteiger partial charge in [-0.05, 0) is 65.0 Å². The summed E-state index contributed by atoms with van der Waals surface area (Å²) in [5, 5.41) is 3.87. The van der Waals surface area contributed by atoms with Gasteiger partial charge in [0.15, 0.2) is 0 Å². The maximum Gasteiger partial charge on any atom is 0.145 e. The summed E-state index contributed by atoms with van der Waals surface area (Å²) in [5.41, 5.74) is 12.7. The van der Waals surface area contributed by atoms with Gasteiger partial charge >= 0.3 is 0 Å². The zero-order chi connectivity index (χ0) is 33.0. The molecule has 0 amide bonds. The number of fused-ring (bicyclic) bond motifs is 5. The Kier molecular flexibility index (Phi) is 6.93. The van der Waals surface area contributed by atoms with Crippen LogP contribution < -0.4 is 10.1 Å². The number of ether oxygens (including phenoxy) is 2. The lowest BCUT2D eigenvalue weighted by molar-refractivity contribution is 0.182. The highest BCUT2D eigenvalue weighted by molar-refractivity contribution is 6.13. The predicted octanol–water partition coefficient (Wildman–Crippen LogP) is 9.89. The van der Waals surface area contributed by atoms with Gasteiger partial charge in [0.2, 0.25) is 0 Å². The van der Waals surface area contributed by atoms with E-state index in [1.165, 1.54) is 22.3 Å². The summed E-state index contributed by atoms with van der Waals surface area (Å²) in [6.45, 7) is 0. The zero-order valence-electron chi connectivity index (χ0n) is 27.6. The van der Waals surface area contributed by atoms with Crippen molar-refractivity contribution in [1.82, 2.24) is 5.32 Å². The van der Waals surface area contributed by atoms with Gasteiger partial charge in [0.1, 0.15) is 29.9 Å². The SMILES string of the molecule is C1=CC2C3=C(C=CCC3)OC2C(c2ccc(C3=CC=CC4c5ccccc5OC34)cc2C2=CC(c3ccccc3)=NC(c3ccccc3)N2)=C1. The first-order chi connectivity index (χ1) is 24.8. The van der Waals surface area contributed by atoms with Gasteiger partial charge in [-0.15, -0.1) is 0 Å². The van der Waals surface area contributed by atoms with Crippen molar-refractivity contribution in [2.45, 2.75) is 37.1 Å². The molecule has 3 aliphatic carbocycles. The molecule has 6 aliphatic rings. The van der Waals surface area contributed by atoms with Crippen LogP contribution in [-0.2, 0) is 4.74 Å². The Morgan fingerprint density at radius 1 is 0.680 bits per heavy atom. The molecular formula is C46H36N2O2. The number of hydrogen-bond donors (Lipinski definition) is 1. The standard InChI is InChI=1S/C46H36N2O2/c1-3-13-29(14-4-1)40-28-41(48-46(47-40)30-15-5-2-6-16-30)39-27-31(32-19-11-21-37-34-17-7-9-23-42(34)49-44(32)37)25-26-33(39)36-20-12-22-38-35-18-8-10-24-43(35)50-45(36)38/h1-7,9-17,19-28,37-38,44-46,48H,8,18H2. The number of hydrogen-bond acceptors (Lipinski definition) is 4. The monoisotopic (exact) mass is 648 g/mol. The van der Waals surface area contributed by atoms with Crippen LogP contribution in [0.3, 0.4) is 0 Å². The molecule has 0 fully saturated rings. The number of benzene rings is 4. The van der Waals surface area contributed by atoms with E-state index in [0.717, 1.165) is 63.6 Å². The van der Waals surface area contributed by atoms with Crippen molar-refractivity contribution < 1.29 is 9.47 Å². The molecule has 4 nitrogen and oxygen atoms in total. The van der Waals surface area contributed by atoms with Gasteiger partial charge in [-0.3, -0.25) is 4.99 Å². The topological polar surface area (TPSA) is 42.9 Å². The molecule has 0 aromatic heterocycles. The summed E-state index contributed by atoms with van der Waals surface area (Å²) in [7, 11) is 0. The first-order valence-corrected chi connectivity index (χ1v) is 17.7. The van der Waals surface area contributed by atoms with Gasteiger partial charge in [-0.2, -0.15) is 0 Å². The molecule has 5 atom stereocenters. The summed E-state index contributed by atoms with van der Waals surface area (Å²) >= 11 is 0. The molecule has 4 heteroatoms. The van der Waals surface area contributed by atoms with E-state index >= 15 is 0 Å². The second kappa shape index (κ2) is 11.9. The Morgan fingerprint density at radius 3 is 2.32 bits per heavy atom. The predicted molar refractivity (Wildman–Crippen MR) is 201 cm³/mol. The van der Waals surface area contributed by atoms with Crippen LogP contribution in [-0.4, -0.2) is 17.9 Å². The third-order valence-corrected chi connectivity index (χ3v) is 10.8. The lowest BCUT2D eigenvalue weighted by atomic mass is 9.79. The number of para-hydroxylation sites is 1. The fraction of sp³-hybridized carbons (Fsp3) is 0.152. The molecule has 1 N–H and O–H groups in total. The molecule has 0 saturated carbocycles. The van der Waals surface area contributed by atoms with Crippen molar-refractivity contribution in [3.05, 3.63) is 203 Å². The summed E-state index contributed by atoms with van der Waals surface area (Å²) in [6, 6.07) is 36.4. The molecule has 10 rings (SSSR count). The molecule has 4 aromatic rings. The number of rotatable bonds is 5. The second-order valence-electron chi connectivity index (χ2n) is 13.7. The lowest BCUT2D eigenvalue weighted by Crippen LogP contribution is -2.27. The molecule has 0 bridgehead atoms. The minimum atomic E-state index is -0.244. The second-order valence-corrected chi connectivity index (χ2v) is 13.7. The molecule has 0 spiro atoms. The molecule has 50 heavy (non-hydrogen) atoms. The van der Waals surface area contributed by atoms with E-state index in [-0.39, 0.29) is 30.2 Å². The smallest absolute Gasteiger partial charge is 0.145 e. The molecular weight excluding hydrogens is 613 g/mol. The minimum absolute atomic E-state index is 0.0670. The van der Waals surface area contributed by atoms with E-state index in [0.29, 0.717) is 0 Å². The highest BCUT2D eigenvalue weighted by atomic mass is 16.5. The molecule has 0 radical (unpaired) electrons. The average molecular weight is 649 g/mol. The van der Waals surface area contributed by atoms with E-state index in [1.807, 2.05) is 0 Å². The quantitative estimate of drug-likeness (QED) is 0.234. The Balaban J connectivity index is 1.12. The van der Waals surface area contributed by atoms with Gasteiger partial charge in [0, 0.05) is 39.8 Å². The van der Waals surface area contributed by atoms with Crippen molar-refractivity contribution in [2.75, 3.05) is 0 Å². The number of allylic oxidation sites excluding steroid dienone is 7. The van der Waals surface area contributed by atoms with Gasteiger partial charge in [0.05, 0.1) is 5.71 Å². The molecule has 5 unspecified atom stereocenters. The Morgan fingerprint density at radius 2 is 1.44 bits per heavy atom. The number of aliphatic imine (C=N–C) groups is 1. The van der Waals surface area contributed by atoms with Crippen molar-refractivity contribution in [3.63, 3.8) is 0 Å². The molecule has 4 aromatic carbocycles. The number of nitrogens with zero attached hydrogens (tertiary/aromatic N) is 1. The molecule has 3 aliphatic heterocycles. The Labute approximate surface area is 292 Å². The normalized spacial score (nSPS) is 25.5. The molecule has 0 saturated heterocycles. The van der Waals surface area contributed by atoms with E-state index in [9.17, 15) is 0 Å². The van der Waals surface area contributed by atoms with E-state index in [4.69, 9.17) is 14.5 Å². The highest BCUT2D eigenvalue weighted by Crippen LogP contribution is 2.49. The van der Waals surface area contributed by atoms with Crippen LogP contribution in [0.1, 0.15) is 58.3 Å². The molecule has 242 valence electrons. The molecule has 3 heterocycles. The van der Waals surface area contributed by atoms with Crippen LogP contribution in [0.25, 0.3) is 16.8 Å². The Hall–Kier alpha value is -5.87. The van der Waals surface area contributed by atoms with E-state index < -0.39 is 0 Å². The summed E-state index contributed by atoms with van der Waals surface area (Å²) in [6.07, 6.45) is 21.8. The fourth-order valence-corrected chi connectivity index (χ4v) is 8.37. The maximum absolute atomic E-state index is 6.77. The summed E-state index contributed by atoms with van der Waals surface area (Å²) in [4.78, 5) is 5.25. The third kappa shape index (κ3) is 4.86.